The number of rotatable bonds is 7. The normalized spacial score (nSPS) is 21.4. The number of ether oxygens (including phenoxy) is 1. The number of hydrogen-bond donors (Lipinski definition) is 1. The summed E-state index contributed by atoms with van der Waals surface area (Å²) in [7, 11) is 0. The third-order valence-electron chi connectivity index (χ3n) is 13.9. The van der Waals surface area contributed by atoms with Crippen molar-refractivity contribution in [3.8, 4) is 17.9 Å². The van der Waals surface area contributed by atoms with Gasteiger partial charge in [0.2, 0.25) is 5.91 Å². The van der Waals surface area contributed by atoms with Gasteiger partial charge >= 0.3 is 0 Å². The highest BCUT2D eigenvalue weighted by Gasteiger charge is 2.41. The highest BCUT2D eigenvalue weighted by Crippen LogP contribution is 2.49. The quantitative estimate of drug-likeness (QED) is 0.197. The second-order valence-electron chi connectivity index (χ2n) is 17.4. The Morgan fingerprint density at radius 1 is 0.883 bits per heavy atom. The van der Waals surface area contributed by atoms with E-state index in [2.05, 4.69) is 48.2 Å². The molecule has 4 aromatic rings. The Morgan fingerprint density at radius 3 is 2.38 bits per heavy atom. The summed E-state index contributed by atoms with van der Waals surface area (Å²) in [5, 5.41) is 36.5. The SMILES string of the molecule is CC(=O)N1CCc2c(c(N3CCCc4cc(C#N)ccc43)nn2C2CCC3(CC2)CCN(c2ccc(C(=O)NC4CCC(Oc5ccc(C#N)c(Cl)c5)CC4)nn2)CC3)C1. The van der Waals surface area contributed by atoms with E-state index in [0.717, 1.165) is 120 Å². The predicted octanol–water partition coefficient (Wildman–Crippen LogP) is 7.58. The molecule has 13 nitrogen and oxygen atoms in total. The summed E-state index contributed by atoms with van der Waals surface area (Å²) in [6.07, 6.45) is 12.6. The number of anilines is 3. The van der Waals surface area contributed by atoms with E-state index in [4.69, 9.17) is 26.7 Å². The average molecular weight is 827 g/mol. The van der Waals surface area contributed by atoms with Gasteiger partial charge in [0.15, 0.2) is 17.3 Å². The third-order valence-corrected chi connectivity index (χ3v) is 14.2. The topological polar surface area (TPSA) is 156 Å². The van der Waals surface area contributed by atoms with Gasteiger partial charge in [-0.15, -0.1) is 10.2 Å². The molecule has 1 saturated heterocycles. The number of aromatic nitrogens is 4. The molecule has 2 amide bonds. The van der Waals surface area contributed by atoms with Crippen molar-refractivity contribution in [1.82, 2.24) is 30.2 Å². The van der Waals surface area contributed by atoms with Gasteiger partial charge in [-0.1, -0.05) is 11.6 Å². The Hall–Kier alpha value is -5.66. The molecule has 0 radical (unpaired) electrons. The summed E-state index contributed by atoms with van der Waals surface area (Å²) in [6.45, 7) is 5.65. The van der Waals surface area contributed by atoms with E-state index < -0.39 is 0 Å². The Kier molecular flexibility index (Phi) is 11.1. The first-order valence-corrected chi connectivity index (χ1v) is 22.0. The smallest absolute Gasteiger partial charge is 0.272 e. The summed E-state index contributed by atoms with van der Waals surface area (Å²) >= 11 is 6.17. The minimum absolute atomic E-state index is 0.0292. The molecule has 2 aliphatic carbocycles. The first kappa shape index (κ1) is 39.8. The summed E-state index contributed by atoms with van der Waals surface area (Å²) in [5.74, 6) is 2.33. The van der Waals surface area contributed by atoms with Crippen molar-refractivity contribution >= 4 is 40.7 Å². The van der Waals surface area contributed by atoms with Crippen LogP contribution in [0.15, 0.2) is 48.5 Å². The van der Waals surface area contributed by atoms with Crippen LogP contribution in [0, 0.1) is 28.1 Å². The molecule has 1 spiro atoms. The lowest BCUT2D eigenvalue weighted by molar-refractivity contribution is -0.129. The molecule has 3 fully saturated rings. The molecule has 1 N–H and O–H groups in total. The highest BCUT2D eigenvalue weighted by atomic mass is 35.5. The molecule has 0 unspecified atom stereocenters. The van der Waals surface area contributed by atoms with Crippen molar-refractivity contribution in [1.29, 1.82) is 10.5 Å². The number of nitrogens with one attached hydrogen (secondary N) is 1. The molecular weight excluding hydrogens is 776 g/mol. The van der Waals surface area contributed by atoms with Crippen molar-refractivity contribution < 1.29 is 14.3 Å². The molecule has 60 heavy (non-hydrogen) atoms. The summed E-state index contributed by atoms with van der Waals surface area (Å²) in [6, 6.07) is 19.6. The number of nitrogens with zero attached hydrogens (tertiary/aromatic N) is 9. The van der Waals surface area contributed by atoms with E-state index in [1.807, 2.05) is 23.1 Å². The van der Waals surface area contributed by atoms with Crippen LogP contribution in [0.2, 0.25) is 5.02 Å². The number of benzene rings is 2. The van der Waals surface area contributed by atoms with Crippen molar-refractivity contribution in [2.75, 3.05) is 36.0 Å². The number of fused-ring (bicyclic) bond motifs is 2. The fourth-order valence-corrected chi connectivity index (χ4v) is 10.5. The molecule has 2 aromatic carbocycles. The molecule has 9 rings (SSSR count). The third kappa shape index (κ3) is 8.00. The molecule has 5 aliphatic rings. The van der Waals surface area contributed by atoms with Gasteiger partial charge in [0.1, 0.15) is 11.8 Å². The van der Waals surface area contributed by atoms with Crippen LogP contribution in [0.25, 0.3) is 0 Å². The van der Waals surface area contributed by atoms with Crippen LogP contribution in [-0.2, 0) is 24.2 Å². The number of halogens is 1. The Labute approximate surface area is 356 Å². The second-order valence-corrected chi connectivity index (χ2v) is 17.8. The minimum Gasteiger partial charge on any atom is -0.490 e. The number of carbonyl (C=O) groups excluding carboxylic acids is 2. The fraction of sp³-hybridized carbons (Fsp3) is 0.500. The van der Waals surface area contributed by atoms with E-state index in [-0.39, 0.29) is 24.0 Å². The molecule has 0 bridgehead atoms. The number of aryl methyl sites for hydroxylation is 1. The number of amides is 2. The van der Waals surface area contributed by atoms with Crippen LogP contribution < -0.4 is 19.9 Å². The predicted molar refractivity (Wildman–Crippen MR) is 227 cm³/mol. The molecule has 310 valence electrons. The van der Waals surface area contributed by atoms with Crippen molar-refractivity contribution in [3.05, 3.63) is 87.2 Å². The highest BCUT2D eigenvalue weighted by molar-refractivity contribution is 6.31. The van der Waals surface area contributed by atoms with Gasteiger partial charge in [-0.25, -0.2) is 0 Å². The lowest BCUT2D eigenvalue weighted by Gasteiger charge is -2.46. The lowest BCUT2D eigenvalue weighted by Crippen LogP contribution is -2.43. The second kappa shape index (κ2) is 16.8. The fourth-order valence-electron chi connectivity index (χ4n) is 10.3. The minimum atomic E-state index is -0.205. The van der Waals surface area contributed by atoms with Crippen LogP contribution >= 0.6 is 11.6 Å². The zero-order chi connectivity index (χ0) is 41.4. The van der Waals surface area contributed by atoms with Crippen LogP contribution in [0.3, 0.4) is 0 Å². The molecule has 14 heteroatoms. The average Bonchev–Trinajstić information content (AvgIpc) is 3.66. The summed E-state index contributed by atoms with van der Waals surface area (Å²) in [4.78, 5) is 32.3. The van der Waals surface area contributed by atoms with Crippen molar-refractivity contribution in [2.24, 2.45) is 5.41 Å². The van der Waals surface area contributed by atoms with Crippen LogP contribution in [-0.4, -0.2) is 75.0 Å². The van der Waals surface area contributed by atoms with Gasteiger partial charge < -0.3 is 24.8 Å². The van der Waals surface area contributed by atoms with Crippen molar-refractivity contribution in [2.45, 2.75) is 115 Å². The molecule has 2 saturated carbocycles. The lowest BCUT2D eigenvalue weighted by atomic mass is 9.67. The van der Waals surface area contributed by atoms with E-state index in [9.17, 15) is 14.9 Å². The zero-order valence-corrected chi connectivity index (χ0v) is 35.0. The number of nitriles is 2. The first-order valence-electron chi connectivity index (χ1n) is 21.6. The number of carbonyl (C=O) groups is 2. The number of hydrogen-bond acceptors (Lipinski definition) is 10. The van der Waals surface area contributed by atoms with Crippen LogP contribution in [0.4, 0.5) is 17.3 Å². The van der Waals surface area contributed by atoms with E-state index in [0.29, 0.717) is 52.1 Å². The summed E-state index contributed by atoms with van der Waals surface area (Å²) in [5.41, 5.74) is 6.49. The maximum atomic E-state index is 13.1. The van der Waals surface area contributed by atoms with Gasteiger partial charge in [0.05, 0.1) is 40.9 Å². The zero-order valence-electron chi connectivity index (χ0n) is 34.2. The van der Waals surface area contributed by atoms with E-state index in [1.54, 1.807) is 31.2 Å². The summed E-state index contributed by atoms with van der Waals surface area (Å²) < 4.78 is 8.45. The Morgan fingerprint density at radius 2 is 1.68 bits per heavy atom. The van der Waals surface area contributed by atoms with Gasteiger partial charge in [0.25, 0.3) is 5.91 Å². The van der Waals surface area contributed by atoms with Gasteiger partial charge in [-0.3, -0.25) is 14.3 Å². The number of piperidine rings is 1. The van der Waals surface area contributed by atoms with Crippen LogP contribution in [0.1, 0.15) is 122 Å². The Bertz CT molecular complexity index is 2340. The van der Waals surface area contributed by atoms with Crippen LogP contribution in [0.5, 0.6) is 5.75 Å². The maximum Gasteiger partial charge on any atom is 0.272 e. The molecule has 2 aromatic heterocycles. The first-order chi connectivity index (χ1) is 29.2. The van der Waals surface area contributed by atoms with Gasteiger partial charge in [-0.2, -0.15) is 15.6 Å². The molecule has 5 heterocycles. The Balaban J connectivity index is 0.786. The van der Waals surface area contributed by atoms with Crippen molar-refractivity contribution in [3.63, 3.8) is 0 Å². The molecular formula is C46H51ClN10O3. The largest absolute Gasteiger partial charge is 0.490 e. The monoisotopic (exact) mass is 826 g/mol. The molecule has 0 atom stereocenters. The van der Waals surface area contributed by atoms with Gasteiger partial charge in [0, 0.05) is 68.6 Å². The van der Waals surface area contributed by atoms with E-state index in [1.165, 1.54) is 16.8 Å². The maximum absolute atomic E-state index is 13.1. The standard InChI is InChI=1S/C46H51ClN10O3/c1-30(58)55-22-16-42-38(29-55)44(56-21-2-3-32-25-31(27-48)4-12-41(32)56)53-57(42)35-14-17-46(18-15-35)19-23-54(24-20-46)43-13-11-40(51-52-43)45(59)50-34-6-9-36(10-7-34)60-37-8-5-33(28-49)39(47)26-37/h4-5,8,11-13,25-26,34-36H,2-3,6-7,9-10,14-24,29H2,1H3,(H,50,59). The molecule has 3 aliphatic heterocycles. The van der Waals surface area contributed by atoms with E-state index >= 15 is 0 Å². The van der Waals surface area contributed by atoms with Gasteiger partial charge in [-0.05, 0) is 130 Å².